The van der Waals surface area contributed by atoms with Crippen molar-refractivity contribution in [2.45, 2.75) is 25.2 Å². The van der Waals surface area contributed by atoms with Gasteiger partial charge in [-0.2, -0.15) is 0 Å². The Morgan fingerprint density at radius 3 is 2.62 bits per heavy atom. The number of thiazole rings is 1. The number of aromatic hydroxyl groups is 1. The largest absolute Gasteiger partial charge is 0.506 e. The van der Waals surface area contributed by atoms with E-state index in [2.05, 4.69) is 32.7 Å². The molecule has 178 valence electrons. The van der Waals surface area contributed by atoms with Gasteiger partial charge < -0.3 is 30.9 Å². The van der Waals surface area contributed by atoms with Gasteiger partial charge >= 0.3 is 4.87 Å². The molecule has 0 atom stereocenters. The molecule has 0 saturated carbocycles. The van der Waals surface area contributed by atoms with Gasteiger partial charge in [0.2, 0.25) is 5.79 Å². The number of pyridine rings is 1. The lowest BCUT2D eigenvalue weighted by Gasteiger charge is -2.23. The molecule has 2 aromatic heterocycles. The van der Waals surface area contributed by atoms with Gasteiger partial charge in [0.05, 0.1) is 11.2 Å². The molecule has 9 heteroatoms. The van der Waals surface area contributed by atoms with E-state index >= 15 is 0 Å². The predicted molar refractivity (Wildman–Crippen MR) is 133 cm³/mol. The number of hydrogen-bond donors (Lipinski definition) is 6. The maximum absolute atomic E-state index is 11.7. The monoisotopic (exact) mass is 480 g/mol. The summed E-state index contributed by atoms with van der Waals surface area (Å²) in [6.07, 6.45) is 3.40. The van der Waals surface area contributed by atoms with Gasteiger partial charge in [-0.05, 0) is 48.4 Å². The van der Waals surface area contributed by atoms with Gasteiger partial charge in [0.1, 0.15) is 11.3 Å². The van der Waals surface area contributed by atoms with Gasteiger partial charge in [0.15, 0.2) is 0 Å². The number of phenolic OH excluding ortho intramolecular Hbond substituents is 1. The highest BCUT2D eigenvalue weighted by atomic mass is 32.1. The number of nitrogens with one attached hydrogen (secondary N) is 3. The zero-order chi connectivity index (χ0) is 24.0. The van der Waals surface area contributed by atoms with Crippen LogP contribution in [0.2, 0.25) is 0 Å². The lowest BCUT2D eigenvalue weighted by molar-refractivity contribution is -0.164. The topological polar surface area (TPSA) is 130 Å². The first-order valence-corrected chi connectivity index (χ1v) is 11.9. The molecule has 0 spiro atoms. The third-order valence-corrected chi connectivity index (χ3v) is 6.47. The van der Waals surface area contributed by atoms with E-state index in [9.17, 15) is 20.1 Å². The average Bonchev–Trinajstić information content (AvgIpc) is 3.23. The molecule has 0 bridgehead atoms. The Morgan fingerprint density at radius 2 is 1.79 bits per heavy atom. The van der Waals surface area contributed by atoms with Crippen molar-refractivity contribution >= 4 is 21.6 Å². The van der Waals surface area contributed by atoms with Crippen LogP contribution in [0.1, 0.15) is 22.4 Å². The molecule has 0 aliphatic heterocycles. The molecule has 4 rings (SSSR count). The van der Waals surface area contributed by atoms with Crippen molar-refractivity contribution in [2.75, 3.05) is 19.6 Å². The van der Waals surface area contributed by atoms with E-state index in [1.807, 2.05) is 30.3 Å². The van der Waals surface area contributed by atoms with Crippen LogP contribution in [-0.4, -0.2) is 44.9 Å². The molecule has 0 unspecified atom stereocenters. The minimum Gasteiger partial charge on any atom is -0.506 e. The minimum absolute atomic E-state index is 0.105. The number of phenols is 1. The van der Waals surface area contributed by atoms with Gasteiger partial charge in [0, 0.05) is 37.0 Å². The lowest BCUT2D eigenvalue weighted by Crippen LogP contribution is -2.38. The van der Waals surface area contributed by atoms with E-state index in [1.165, 1.54) is 17.7 Å². The summed E-state index contributed by atoms with van der Waals surface area (Å²) in [5.41, 5.74) is 3.79. The molecule has 2 heterocycles. The van der Waals surface area contributed by atoms with Crippen LogP contribution in [0.15, 0.2) is 65.6 Å². The highest BCUT2D eigenvalue weighted by Crippen LogP contribution is 2.32. The molecule has 4 aromatic rings. The average molecular weight is 481 g/mol. The van der Waals surface area contributed by atoms with Crippen LogP contribution in [-0.2, 0) is 25.2 Å². The standard InChI is InChI=1S/C25H28N4O4S/c30-21-8-7-20(23-22(21)29-24(31)34-23)25(32,33)16-27-12-9-17-4-3-5-18(14-17)15-26-13-10-19-6-1-2-11-28-19/h1-8,11,14,26-27,30,32-33H,9-10,12-13,15-16H2,(H,29,31). The first-order valence-electron chi connectivity index (χ1n) is 11.1. The molecule has 0 aliphatic rings. The van der Waals surface area contributed by atoms with E-state index in [4.69, 9.17) is 0 Å². The van der Waals surface area contributed by atoms with E-state index in [0.717, 1.165) is 48.5 Å². The smallest absolute Gasteiger partial charge is 0.305 e. The molecule has 34 heavy (non-hydrogen) atoms. The normalized spacial score (nSPS) is 11.8. The first kappa shape index (κ1) is 24.1. The van der Waals surface area contributed by atoms with Gasteiger partial charge in [-0.1, -0.05) is 41.7 Å². The van der Waals surface area contributed by atoms with Crippen molar-refractivity contribution in [3.8, 4) is 5.75 Å². The summed E-state index contributed by atoms with van der Waals surface area (Å²) in [7, 11) is 0. The Morgan fingerprint density at radius 1 is 0.971 bits per heavy atom. The van der Waals surface area contributed by atoms with Crippen LogP contribution < -0.4 is 15.5 Å². The summed E-state index contributed by atoms with van der Waals surface area (Å²) in [5, 5.41) is 37.7. The summed E-state index contributed by atoms with van der Waals surface area (Å²) in [6.45, 7) is 2.04. The van der Waals surface area contributed by atoms with Crippen molar-refractivity contribution in [3.05, 3.63) is 92.8 Å². The van der Waals surface area contributed by atoms with Crippen molar-refractivity contribution < 1.29 is 15.3 Å². The molecule has 2 aromatic carbocycles. The molecule has 0 aliphatic carbocycles. The summed E-state index contributed by atoms with van der Waals surface area (Å²) in [4.78, 5) is 18.2. The number of aliphatic hydroxyl groups is 2. The van der Waals surface area contributed by atoms with Gasteiger partial charge in [-0.25, -0.2) is 0 Å². The number of hydrogen-bond acceptors (Lipinski definition) is 8. The number of nitrogens with zero attached hydrogens (tertiary/aromatic N) is 1. The Labute approximate surface area is 201 Å². The van der Waals surface area contributed by atoms with Crippen LogP contribution >= 0.6 is 11.3 Å². The van der Waals surface area contributed by atoms with Crippen molar-refractivity contribution in [1.29, 1.82) is 0 Å². The fraction of sp³-hybridized carbons (Fsp3) is 0.280. The number of aromatic amines is 1. The van der Waals surface area contributed by atoms with Gasteiger partial charge in [-0.15, -0.1) is 0 Å². The molecule has 0 saturated heterocycles. The highest BCUT2D eigenvalue weighted by molar-refractivity contribution is 7.16. The lowest BCUT2D eigenvalue weighted by atomic mass is 10.0. The second kappa shape index (κ2) is 10.9. The Balaban J connectivity index is 1.26. The summed E-state index contributed by atoms with van der Waals surface area (Å²) in [5.74, 6) is -2.29. The maximum Gasteiger partial charge on any atom is 0.305 e. The molecule has 6 N–H and O–H groups in total. The third-order valence-electron chi connectivity index (χ3n) is 5.56. The highest BCUT2D eigenvalue weighted by Gasteiger charge is 2.29. The summed E-state index contributed by atoms with van der Waals surface area (Å²) < 4.78 is 0.333. The van der Waals surface area contributed by atoms with E-state index in [0.29, 0.717) is 11.2 Å². The first-order chi connectivity index (χ1) is 16.4. The quantitative estimate of drug-likeness (QED) is 0.143. The van der Waals surface area contributed by atoms with E-state index < -0.39 is 5.79 Å². The SMILES string of the molecule is O=c1[nH]c2c(O)ccc(C(O)(O)CNCCc3cccc(CNCCc4ccccn4)c3)c2s1. The third kappa shape index (κ3) is 6.07. The van der Waals surface area contributed by atoms with E-state index in [-0.39, 0.29) is 28.2 Å². The second-order valence-electron chi connectivity index (χ2n) is 8.16. The van der Waals surface area contributed by atoms with Crippen molar-refractivity contribution in [3.63, 3.8) is 0 Å². The van der Waals surface area contributed by atoms with Crippen LogP contribution in [0.3, 0.4) is 0 Å². The summed E-state index contributed by atoms with van der Waals surface area (Å²) in [6, 6.07) is 17.0. The number of H-pyrrole nitrogens is 1. The fourth-order valence-electron chi connectivity index (χ4n) is 3.82. The molecule has 8 nitrogen and oxygen atoms in total. The molecule has 0 radical (unpaired) electrons. The molecule has 0 fully saturated rings. The number of rotatable bonds is 11. The Hall–Kier alpha value is -3.08. The van der Waals surface area contributed by atoms with Crippen LogP contribution in [0.5, 0.6) is 5.75 Å². The van der Waals surface area contributed by atoms with Crippen LogP contribution in [0, 0.1) is 0 Å². The Bertz CT molecular complexity index is 1290. The molecular formula is C25H28N4O4S. The zero-order valence-electron chi connectivity index (χ0n) is 18.6. The number of benzene rings is 2. The predicted octanol–water partition coefficient (Wildman–Crippen LogP) is 1.99. The zero-order valence-corrected chi connectivity index (χ0v) is 19.4. The molecule has 0 amide bonds. The van der Waals surface area contributed by atoms with E-state index in [1.54, 1.807) is 6.20 Å². The maximum atomic E-state index is 11.7. The van der Waals surface area contributed by atoms with Crippen molar-refractivity contribution in [1.82, 2.24) is 20.6 Å². The number of fused-ring (bicyclic) bond motifs is 1. The van der Waals surface area contributed by atoms with Gasteiger partial charge in [0.25, 0.3) is 0 Å². The van der Waals surface area contributed by atoms with Gasteiger partial charge in [-0.3, -0.25) is 9.78 Å². The van der Waals surface area contributed by atoms with Crippen molar-refractivity contribution in [2.24, 2.45) is 0 Å². The van der Waals surface area contributed by atoms with Crippen LogP contribution in [0.25, 0.3) is 10.2 Å². The number of aromatic nitrogens is 2. The fourth-order valence-corrected chi connectivity index (χ4v) is 4.75. The minimum atomic E-state index is -2.18. The van der Waals surface area contributed by atoms with Crippen LogP contribution in [0.4, 0.5) is 0 Å². The summed E-state index contributed by atoms with van der Waals surface area (Å²) >= 11 is 0.836. The second-order valence-corrected chi connectivity index (χ2v) is 9.15. The Kier molecular flexibility index (Phi) is 7.71. The molecular weight excluding hydrogens is 452 g/mol.